The van der Waals surface area contributed by atoms with Crippen LogP contribution in [0.25, 0.3) is 10.6 Å². The smallest absolute Gasteiger partial charge is 0.125 e. The lowest BCUT2D eigenvalue weighted by atomic mass is 10.1. The molecule has 0 bridgehead atoms. The van der Waals surface area contributed by atoms with Crippen LogP contribution in [-0.2, 0) is 6.54 Å². The second-order valence-corrected chi connectivity index (χ2v) is 6.95. The van der Waals surface area contributed by atoms with Crippen LogP contribution in [0.1, 0.15) is 49.2 Å². The summed E-state index contributed by atoms with van der Waals surface area (Å²) in [6.07, 6.45) is 1.17. The van der Waals surface area contributed by atoms with Gasteiger partial charge >= 0.3 is 0 Å². The van der Waals surface area contributed by atoms with Crippen molar-refractivity contribution in [2.75, 3.05) is 6.54 Å². The quantitative estimate of drug-likeness (QED) is 0.774. The molecule has 0 aliphatic rings. The van der Waals surface area contributed by atoms with Crippen molar-refractivity contribution in [1.29, 1.82) is 0 Å². The first-order chi connectivity index (χ1) is 9.13. The van der Waals surface area contributed by atoms with E-state index in [0.717, 1.165) is 13.1 Å². The summed E-state index contributed by atoms with van der Waals surface area (Å²) in [5, 5.41) is 9.07. The van der Waals surface area contributed by atoms with Crippen molar-refractivity contribution in [1.82, 2.24) is 10.3 Å². The normalized spacial score (nSPS) is 11.4. The molecule has 0 spiro atoms. The zero-order valence-corrected chi connectivity index (χ0v) is 13.8. The van der Waals surface area contributed by atoms with Gasteiger partial charge in [-0.1, -0.05) is 20.8 Å². The summed E-state index contributed by atoms with van der Waals surface area (Å²) < 4.78 is 0. The summed E-state index contributed by atoms with van der Waals surface area (Å²) in [5.41, 5.74) is 3.90. The van der Waals surface area contributed by atoms with Gasteiger partial charge in [0, 0.05) is 22.4 Å². The molecule has 19 heavy (non-hydrogen) atoms. The second kappa shape index (κ2) is 6.64. The molecule has 0 radical (unpaired) electrons. The van der Waals surface area contributed by atoms with Gasteiger partial charge in [0.05, 0.1) is 5.69 Å². The highest BCUT2D eigenvalue weighted by Gasteiger charge is 2.16. The van der Waals surface area contributed by atoms with E-state index < -0.39 is 0 Å². The fraction of sp³-hybridized carbons (Fsp3) is 0.533. The predicted octanol–water partition coefficient (Wildman–Crippen LogP) is 4.80. The SMILES string of the molecule is CCCNCc1sc(-c2cscc2C)nc1C(C)C. The highest BCUT2D eigenvalue weighted by atomic mass is 32.1. The molecule has 0 amide bonds. The number of nitrogens with zero attached hydrogens (tertiary/aromatic N) is 1. The first-order valence-corrected chi connectivity index (χ1v) is 8.62. The summed E-state index contributed by atoms with van der Waals surface area (Å²) >= 11 is 3.60. The minimum Gasteiger partial charge on any atom is -0.312 e. The van der Waals surface area contributed by atoms with E-state index in [9.17, 15) is 0 Å². The van der Waals surface area contributed by atoms with Gasteiger partial charge in [0.15, 0.2) is 0 Å². The topological polar surface area (TPSA) is 24.9 Å². The van der Waals surface area contributed by atoms with Crippen molar-refractivity contribution in [3.8, 4) is 10.6 Å². The van der Waals surface area contributed by atoms with Crippen LogP contribution in [0.2, 0.25) is 0 Å². The Morgan fingerprint density at radius 2 is 2.11 bits per heavy atom. The maximum atomic E-state index is 4.88. The number of hydrogen-bond acceptors (Lipinski definition) is 4. The summed E-state index contributed by atoms with van der Waals surface area (Å²) in [6, 6.07) is 0. The Morgan fingerprint density at radius 1 is 1.32 bits per heavy atom. The minimum absolute atomic E-state index is 0.488. The lowest BCUT2D eigenvalue weighted by molar-refractivity contribution is 0.670. The van der Waals surface area contributed by atoms with Crippen LogP contribution in [-0.4, -0.2) is 11.5 Å². The largest absolute Gasteiger partial charge is 0.312 e. The summed E-state index contributed by atoms with van der Waals surface area (Å²) in [4.78, 5) is 6.27. The number of thiophene rings is 1. The van der Waals surface area contributed by atoms with Crippen molar-refractivity contribution in [2.45, 2.75) is 46.6 Å². The molecule has 2 aromatic rings. The number of rotatable bonds is 6. The molecule has 1 N–H and O–H groups in total. The zero-order chi connectivity index (χ0) is 13.8. The van der Waals surface area contributed by atoms with E-state index in [1.807, 2.05) is 11.3 Å². The first kappa shape index (κ1) is 14.7. The van der Waals surface area contributed by atoms with Crippen molar-refractivity contribution in [3.63, 3.8) is 0 Å². The predicted molar refractivity (Wildman–Crippen MR) is 86.3 cm³/mol. The molecule has 4 heteroatoms. The molecule has 0 saturated carbocycles. The maximum Gasteiger partial charge on any atom is 0.125 e. The van der Waals surface area contributed by atoms with Gasteiger partial charge in [-0.3, -0.25) is 0 Å². The van der Waals surface area contributed by atoms with Crippen LogP contribution in [0.3, 0.4) is 0 Å². The lowest BCUT2D eigenvalue weighted by Gasteiger charge is -2.05. The minimum atomic E-state index is 0.488. The van der Waals surface area contributed by atoms with Gasteiger partial charge in [-0.05, 0) is 36.8 Å². The second-order valence-electron chi connectivity index (χ2n) is 5.13. The Hall–Kier alpha value is -0.710. The molecule has 2 rings (SSSR count). The van der Waals surface area contributed by atoms with E-state index >= 15 is 0 Å². The average Bonchev–Trinajstić information content (AvgIpc) is 2.95. The molecule has 2 heterocycles. The number of nitrogens with one attached hydrogen (secondary N) is 1. The molecular weight excluding hydrogens is 272 g/mol. The van der Waals surface area contributed by atoms with Crippen LogP contribution < -0.4 is 5.32 Å². The molecular formula is C15H22N2S2. The van der Waals surface area contributed by atoms with Gasteiger partial charge in [0.1, 0.15) is 5.01 Å². The number of hydrogen-bond donors (Lipinski definition) is 1. The maximum absolute atomic E-state index is 4.88. The Kier molecular flexibility index (Phi) is 5.13. The third kappa shape index (κ3) is 3.44. The monoisotopic (exact) mass is 294 g/mol. The van der Waals surface area contributed by atoms with Gasteiger partial charge in [-0.15, -0.1) is 11.3 Å². The Morgan fingerprint density at radius 3 is 2.68 bits per heavy atom. The molecule has 0 aliphatic carbocycles. The van der Waals surface area contributed by atoms with Crippen molar-refractivity contribution in [2.24, 2.45) is 0 Å². The van der Waals surface area contributed by atoms with Gasteiger partial charge in [0.2, 0.25) is 0 Å². The van der Waals surface area contributed by atoms with Gasteiger partial charge < -0.3 is 5.32 Å². The highest BCUT2D eigenvalue weighted by molar-refractivity contribution is 7.15. The molecule has 0 atom stereocenters. The van der Waals surface area contributed by atoms with E-state index in [1.165, 1.54) is 33.1 Å². The summed E-state index contributed by atoms with van der Waals surface area (Å²) in [6.45, 7) is 10.8. The van der Waals surface area contributed by atoms with E-state index in [2.05, 4.69) is 43.8 Å². The molecule has 0 aliphatic heterocycles. The molecule has 2 nitrogen and oxygen atoms in total. The van der Waals surface area contributed by atoms with Crippen LogP contribution in [0.4, 0.5) is 0 Å². The molecule has 104 valence electrons. The average molecular weight is 294 g/mol. The first-order valence-electron chi connectivity index (χ1n) is 6.87. The van der Waals surface area contributed by atoms with Crippen molar-refractivity contribution >= 4 is 22.7 Å². The molecule has 0 fully saturated rings. The third-order valence-corrected chi connectivity index (χ3v) is 5.04. The van der Waals surface area contributed by atoms with E-state index in [1.54, 1.807) is 11.3 Å². The lowest BCUT2D eigenvalue weighted by Crippen LogP contribution is -2.14. The van der Waals surface area contributed by atoms with Crippen molar-refractivity contribution in [3.05, 3.63) is 26.9 Å². The van der Waals surface area contributed by atoms with Crippen molar-refractivity contribution < 1.29 is 0 Å². The fourth-order valence-electron chi connectivity index (χ4n) is 2.01. The summed E-state index contributed by atoms with van der Waals surface area (Å²) in [5.74, 6) is 0.488. The van der Waals surface area contributed by atoms with Crippen LogP contribution in [0.15, 0.2) is 10.8 Å². The molecule has 0 aromatic carbocycles. The zero-order valence-electron chi connectivity index (χ0n) is 12.1. The van der Waals surface area contributed by atoms with Gasteiger partial charge in [-0.2, -0.15) is 11.3 Å². The summed E-state index contributed by atoms with van der Waals surface area (Å²) in [7, 11) is 0. The van der Waals surface area contributed by atoms with Crippen LogP contribution in [0.5, 0.6) is 0 Å². The Bertz CT molecular complexity index is 526. The van der Waals surface area contributed by atoms with Crippen LogP contribution in [0, 0.1) is 6.92 Å². The molecule has 0 saturated heterocycles. The van der Waals surface area contributed by atoms with Gasteiger partial charge in [0.25, 0.3) is 0 Å². The number of thiazole rings is 1. The van der Waals surface area contributed by atoms with E-state index in [0.29, 0.717) is 5.92 Å². The number of aryl methyl sites for hydroxylation is 1. The Balaban J connectivity index is 2.27. The fourth-order valence-corrected chi connectivity index (χ4v) is 4.19. The molecule has 2 aromatic heterocycles. The Labute approximate surface area is 123 Å². The standard InChI is InChI=1S/C15H22N2S2/c1-5-6-16-7-13-14(10(2)3)17-15(19-13)12-9-18-8-11(12)4/h8-10,16H,5-7H2,1-4H3. The number of aromatic nitrogens is 1. The van der Waals surface area contributed by atoms with Gasteiger partial charge in [-0.25, -0.2) is 4.98 Å². The third-order valence-electron chi connectivity index (χ3n) is 3.07. The van der Waals surface area contributed by atoms with Crippen LogP contribution >= 0.6 is 22.7 Å². The molecule has 0 unspecified atom stereocenters. The van der Waals surface area contributed by atoms with E-state index in [-0.39, 0.29) is 0 Å². The highest BCUT2D eigenvalue weighted by Crippen LogP contribution is 2.34. The van der Waals surface area contributed by atoms with E-state index in [4.69, 9.17) is 4.98 Å².